The number of nitrogens with zero attached hydrogens (tertiary/aromatic N) is 3. The van der Waals surface area contributed by atoms with Crippen LogP contribution in [0.4, 0.5) is 51.2 Å². The quantitative estimate of drug-likeness (QED) is 0.135. The summed E-state index contributed by atoms with van der Waals surface area (Å²) in [5.74, 6) is 1.61. The first-order chi connectivity index (χ1) is 37.7. The van der Waals surface area contributed by atoms with E-state index in [1.165, 1.54) is 11.1 Å². The largest absolute Gasteiger partial charge is 0.458 e. The summed E-state index contributed by atoms with van der Waals surface area (Å²) < 4.78 is 15.0. The molecule has 3 heterocycles. The van der Waals surface area contributed by atoms with E-state index >= 15 is 0 Å². The maximum absolute atomic E-state index is 7.55. The van der Waals surface area contributed by atoms with E-state index in [4.69, 9.17) is 9.15 Å². The van der Waals surface area contributed by atoms with Crippen LogP contribution >= 0.6 is 0 Å². The zero-order chi connectivity index (χ0) is 51.8. The Kier molecular flexibility index (Phi) is 11.0. The molecule has 11 aromatic carbocycles. The predicted molar refractivity (Wildman–Crippen MR) is 323 cm³/mol. The number of benzene rings is 11. The summed E-state index contributed by atoms with van der Waals surface area (Å²) in [6.07, 6.45) is 0. The van der Waals surface area contributed by atoms with Crippen LogP contribution in [0.15, 0.2) is 259 Å². The SMILES string of the molecule is Cc1cc(-c2cc3c4c(c2)N(c2ccccc2-c2ccccc2)c2cc(N(c5ccccc5)c5ccccc5)c5c(oc6ccccc65)c2B4c2ccc(N(c4ccccc4)c4ccccc4)cc2O3)cc(C(C)(C)C)c1. The molecule has 0 radical (unpaired) electrons. The summed E-state index contributed by atoms with van der Waals surface area (Å²) in [5, 5.41) is 2.09. The van der Waals surface area contributed by atoms with Gasteiger partial charge in [-0.2, -0.15) is 0 Å². The molecule has 5 nitrogen and oxygen atoms in total. The Morgan fingerprint density at radius 2 is 0.987 bits per heavy atom. The average Bonchev–Trinajstić information content (AvgIpc) is 4.13. The van der Waals surface area contributed by atoms with Crippen molar-refractivity contribution in [2.75, 3.05) is 14.7 Å². The van der Waals surface area contributed by atoms with Gasteiger partial charge in [0.2, 0.25) is 0 Å². The molecule has 14 rings (SSSR count). The average molecular weight is 992 g/mol. The van der Waals surface area contributed by atoms with Gasteiger partial charge in [0.25, 0.3) is 6.71 Å². The Morgan fingerprint density at radius 1 is 0.429 bits per heavy atom. The smallest absolute Gasteiger partial charge is 0.261 e. The second-order valence-electron chi connectivity index (χ2n) is 21.4. The van der Waals surface area contributed by atoms with Crippen molar-refractivity contribution in [1.29, 1.82) is 0 Å². The van der Waals surface area contributed by atoms with Crippen molar-refractivity contribution in [2.24, 2.45) is 0 Å². The summed E-state index contributed by atoms with van der Waals surface area (Å²) >= 11 is 0. The van der Waals surface area contributed by atoms with E-state index in [0.717, 1.165) is 123 Å². The molecular formula is C71H54BN3O2. The third-order valence-corrected chi connectivity index (χ3v) is 15.4. The van der Waals surface area contributed by atoms with Gasteiger partial charge in [0.1, 0.15) is 22.7 Å². The van der Waals surface area contributed by atoms with Crippen molar-refractivity contribution in [1.82, 2.24) is 0 Å². The van der Waals surface area contributed by atoms with Crippen molar-refractivity contribution in [2.45, 2.75) is 33.1 Å². The molecule has 0 bridgehead atoms. The van der Waals surface area contributed by atoms with Crippen molar-refractivity contribution < 1.29 is 9.15 Å². The van der Waals surface area contributed by atoms with Gasteiger partial charge in [-0.1, -0.05) is 190 Å². The number of para-hydroxylation sites is 6. The van der Waals surface area contributed by atoms with Crippen LogP contribution in [-0.4, -0.2) is 6.71 Å². The van der Waals surface area contributed by atoms with E-state index in [2.05, 4.69) is 297 Å². The van der Waals surface area contributed by atoms with Crippen molar-refractivity contribution >= 4 is 96.2 Å². The molecule has 1 aromatic heterocycles. The Morgan fingerprint density at radius 3 is 1.64 bits per heavy atom. The minimum Gasteiger partial charge on any atom is -0.458 e. The van der Waals surface area contributed by atoms with E-state index < -0.39 is 0 Å². The summed E-state index contributed by atoms with van der Waals surface area (Å²) in [4.78, 5) is 7.22. The minimum absolute atomic E-state index is 0.0686. The fourth-order valence-corrected chi connectivity index (χ4v) is 11.9. The van der Waals surface area contributed by atoms with E-state index in [9.17, 15) is 0 Å². The number of aryl methyl sites for hydroxylation is 1. The Balaban J connectivity index is 1.12. The third kappa shape index (κ3) is 7.87. The molecule has 0 atom stereocenters. The molecule has 6 heteroatoms. The Labute approximate surface area is 450 Å². The minimum atomic E-state index is -0.300. The van der Waals surface area contributed by atoms with E-state index in [1.54, 1.807) is 0 Å². The van der Waals surface area contributed by atoms with Crippen LogP contribution < -0.4 is 35.8 Å². The van der Waals surface area contributed by atoms with Gasteiger partial charge in [-0.3, -0.25) is 0 Å². The molecule has 0 fully saturated rings. The molecule has 0 aliphatic carbocycles. The van der Waals surface area contributed by atoms with Gasteiger partial charge in [-0.05, 0) is 136 Å². The summed E-state index contributed by atoms with van der Waals surface area (Å²) in [6.45, 7) is 8.79. The van der Waals surface area contributed by atoms with Crippen molar-refractivity contribution in [3.8, 4) is 33.8 Å². The number of hydrogen-bond donors (Lipinski definition) is 0. The molecule has 0 saturated carbocycles. The van der Waals surface area contributed by atoms with Gasteiger partial charge in [0.05, 0.1) is 16.8 Å². The lowest BCUT2D eigenvalue weighted by molar-refractivity contribution is 0.488. The highest BCUT2D eigenvalue weighted by atomic mass is 16.5. The molecule has 0 saturated heterocycles. The van der Waals surface area contributed by atoms with Gasteiger partial charge in [-0.25, -0.2) is 0 Å². The molecule has 77 heavy (non-hydrogen) atoms. The first kappa shape index (κ1) is 46.0. The molecule has 368 valence electrons. The first-order valence-corrected chi connectivity index (χ1v) is 26.6. The van der Waals surface area contributed by atoms with E-state index in [1.807, 2.05) is 0 Å². The molecule has 2 aliphatic heterocycles. The number of anilines is 9. The Hall–Kier alpha value is -9.52. The predicted octanol–water partition coefficient (Wildman–Crippen LogP) is 17.9. The third-order valence-electron chi connectivity index (χ3n) is 15.4. The standard InChI is InChI=1S/C71H54BN3O2/c1-47-40-49(42-51(41-47)71(2,3)4)50-43-62-68-66(44-50)76-65-45-56(73(52-26-12-6-13-27-52)53-28-14-7-15-29-53)38-39-59(65)72(68)69-63(75(62)60-36-22-20-34-57(60)48-24-10-5-11-25-48)46-61(67-58-35-21-23-37-64(58)77-70(67)69)74(54-30-16-8-17-31-54)55-32-18-9-19-33-55/h5-46H,1-4H3. The van der Waals surface area contributed by atoms with Crippen LogP contribution in [-0.2, 0) is 5.41 Å². The van der Waals surface area contributed by atoms with Crippen LogP contribution in [0.25, 0.3) is 44.2 Å². The van der Waals surface area contributed by atoms with Gasteiger partial charge >= 0.3 is 0 Å². The normalized spacial score (nSPS) is 12.5. The highest BCUT2D eigenvalue weighted by Gasteiger charge is 2.46. The number of furan rings is 1. The first-order valence-electron chi connectivity index (χ1n) is 26.6. The van der Waals surface area contributed by atoms with Crippen LogP contribution in [0.2, 0.25) is 0 Å². The van der Waals surface area contributed by atoms with Crippen LogP contribution in [0, 0.1) is 6.92 Å². The maximum atomic E-state index is 7.55. The lowest BCUT2D eigenvalue weighted by atomic mass is 9.34. The molecular weight excluding hydrogens is 938 g/mol. The van der Waals surface area contributed by atoms with Crippen molar-refractivity contribution in [3.63, 3.8) is 0 Å². The van der Waals surface area contributed by atoms with Crippen LogP contribution in [0.1, 0.15) is 31.9 Å². The van der Waals surface area contributed by atoms with Crippen LogP contribution in [0.3, 0.4) is 0 Å². The van der Waals surface area contributed by atoms with Gasteiger partial charge in [0, 0.05) is 56.8 Å². The van der Waals surface area contributed by atoms with Gasteiger partial charge in [-0.15, -0.1) is 0 Å². The number of rotatable bonds is 9. The maximum Gasteiger partial charge on any atom is 0.261 e. The molecule has 0 N–H and O–H groups in total. The van der Waals surface area contributed by atoms with Gasteiger partial charge in [0.15, 0.2) is 0 Å². The lowest BCUT2D eigenvalue weighted by Gasteiger charge is -2.42. The zero-order valence-electron chi connectivity index (χ0n) is 43.5. The second-order valence-corrected chi connectivity index (χ2v) is 21.4. The Bertz CT molecular complexity index is 4110. The highest BCUT2D eigenvalue weighted by Crippen LogP contribution is 2.52. The summed E-state index contributed by atoms with van der Waals surface area (Å²) in [5.41, 5.74) is 21.1. The molecule has 2 aliphatic rings. The fourth-order valence-electron chi connectivity index (χ4n) is 11.9. The topological polar surface area (TPSA) is 32.1 Å². The molecule has 0 spiro atoms. The van der Waals surface area contributed by atoms with Crippen LogP contribution in [0.5, 0.6) is 11.5 Å². The molecule has 0 unspecified atom stereocenters. The van der Waals surface area contributed by atoms with E-state index in [0.29, 0.717) is 0 Å². The summed E-state index contributed by atoms with van der Waals surface area (Å²) in [6, 6.07) is 91.7. The molecule has 12 aromatic rings. The zero-order valence-corrected chi connectivity index (χ0v) is 43.5. The van der Waals surface area contributed by atoms with Gasteiger partial charge < -0.3 is 23.9 Å². The molecule has 0 amide bonds. The number of hydrogen-bond acceptors (Lipinski definition) is 5. The summed E-state index contributed by atoms with van der Waals surface area (Å²) in [7, 11) is 0. The monoisotopic (exact) mass is 991 g/mol. The van der Waals surface area contributed by atoms with Crippen molar-refractivity contribution in [3.05, 3.63) is 266 Å². The number of ether oxygens (including phenoxy) is 1. The fraction of sp³-hybridized carbons (Fsp3) is 0.0704. The number of fused-ring (bicyclic) bond motifs is 8. The lowest BCUT2D eigenvalue weighted by Crippen LogP contribution is -2.59. The highest BCUT2D eigenvalue weighted by molar-refractivity contribution is 7.00. The van der Waals surface area contributed by atoms with E-state index in [-0.39, 0.29) is 12.1 Å². The second kappa shape index (κ2) is 18.4.